The van der Waals surface area contributed by atoms with E-state index in [-0.39, 0.29) is 17.2 Å². The molecule has 0 spiro atoms. The molecule has 3 aromatic rings. The minimum Gasteiger partial charge on any atom is -0.325 e. The molecule has 0 bridgehead atoms. The van der Waals surface area contributed by atoms with Crippen molar-refractivity contribution in [2.75, 3.05) is 11.1 Å². The van der Waals surface area contributed by atoms with E-state index in [4.69, 9.17) is 23.2 Å². The molecular weight excluding hydrogens is 401 g/mol. The van der Waals surface area contributed by atoms with E-state index < -0.39 is 0 Å². The van der Waals surface area contributed by atoms with Gasteiger partial charge < -0.3 is 5.32 Å². The van der Waals surface area contributed by atoms with Crippen LogP contribution in [-0.2, 0) is 11.8 Å². The maximum absolute atomic E-state index is 12.4. The summed E-state index contributed by atoms with van der Waals surface area (Å²) in [6.45, 7) is 1.95. The highest BCUT2D eigenvalue weighted by atomic mass is 35.5. The number of nitrogens with zero attached hydrogens (tertiary/aromatic N) is 1. The van der Waals surface area contributed by atoms with Crippen LogP contribution in [-0.4, -0.2) is 16.2 Å². The number of aryl methyl sites for hydroxylation is 1. The van der Waals surface area contributed by atoms with Crippen molar-refractivity contribution in [3.63, 3.8) is 0 Å². The van der Waals surface area contributed by atoms with Gasteiger partial charge in [0.2, 0.25) is 5.91 Å². The van der Waals surface area contributed by atoms with Crippen LogP contribution in [0.1, 0.15) is 4.88 Å². The van der Waals surface area contributed by atoms with Crippen LogP contribution in [0.25, 0.3) is 10.2 Å². The number of rotatable bonds is 4. The van der Waals surface area contributed by atoms with Crippen molar-refractivity contribution in [2.24, 2.45) is 7.05 Å². The number of nitrogens with one attached hydrogen (secondary N) is 2. The Morgan fingerprint density at radius 1 is 1.32 bits per heavy atom. The number of aromatic amines is 1. The lowest BCUT2D eigenvalue weighted by atomic mass is 10.3. The summed E-state index contributed by atoms with van der Waals surface area (Å²) in [5.41, 5.74) is 0.493. The number of halogens is 2. The Bertz CT molecular complexity index is 1030. The van der Waals surface area contributed by atoms with E-state index in [9.17, 15) is 9.59 Å². The molecule has 2 aromatic heterocycles. The fourth-order valence-electron chi connectivity index (χ4n) is 2.26. The second-order valence-electron chi connectivity index (χ2n) is 5.36. The molecule has 0 aliphatic carbocycles. The predicted molar refractivity (Wildman–Crippen MR) is 104 cm³/mol. The van der Waals surface area contributed by atoms with Gasteiger partial charge in [0.25, 0.3) is 0 Å². The molecule has 0 unspecified atom stereocenters. The highest BCUT2D eigenvalue weighted by molar-refractivity contribution is 7.99. The number of amides is 1. The number of anilines is 1. The Morgan fingerprint density at radius 2 is 2.08 bits per heavy atom. The van der Waals surface area contributed by atoms with E-state index in [2.05, 4.69) is 10.3 Å². The minimum atomic E-state index is -0.202. The molecule has 0 saturated carbocycles. The maximum atomic E-state index is 12.4. The molecule has 3 rings (SSSR count). The molecule has 2 N–H and O–H groups in total. The average Bonchev–Trinajstić information content (AvgIpc) is 2.94. The molecular formula is C16H14Cl2N3O2S2+. The van der Waals surface area contributed by atoms with E-state index in [1.54, 1.807) is 25.2 Å². The topological polar surface area (TPSA) is 65.2 Å². The quantitative estimate of drug-likeness (QED) is 0.521. The van der Waals surface area contributed by atoms with Crippen LogP contribution in [0.5, 0.6) is 0 Å². The van der Waals surface area contributed by atoms with Gasteiger partial charge in [-0.3, -0.25) is 4.79 Å². The Labute approximate surface area is 162 Å². The third-order valence-electron chi connectivity index (χ3n) is 3.46. The second kappa shape index (κ2) is 7.37. The monoisotopic (exact) mass is 414 g/mol. The number of aromatic nitrogens is 2. The molecule has 0 aliphatic rings. The molecule has 2 heterocycles. The summed E-state index contributed by atoms with van der Waals surface area (Å²) < 4.78 is 1.52. The number of thiophene rings is 1. The van der Waals surface area contributed by atoms with E-state index in [0.717, 1.165) is 9.71 Å². The van der Waals surface area contributed by atoms with Crippen molar-refractivity contribution in [1.29, 1.82) is 0 Å². The molecule has 25 heavy (non-hydrogen) atoms. The Morgan fingerprint density at radius 3 is 2.80 bits per heavy atom. The van der Waals surface area contributed by atoms with Gasteiger partial charge in [-0.15, -0.1) is 0 Å². The smallest absolute Gasteiger partial charge is 0.325 e. The Hall–Kier alpha value is -1.54. The summed E-state index contributed by atoms with van der Waals surface area (Å²) in [4.78, 5) is 29.6. The van der Waals surface area contributed by atoms with Gasteiger partial charge >= 0.3 is 10.7 Å². The van der Waals surface area contributed by atoms with Gasteiger partial charge in [-0.2, -0.15) is 4.57 Å². The van der Waals surface area contributed by atoms with Crippen LogP contribution in [0.15, 0.2) is 34.2 Å². The van der Waals surface area contributed by atoms with Crippen LogP contribution in [0, 0.1) is 6.92 Å². The predicted octanol–water partition coefficient (Wildman–Crippen LogP) is 3.76. The summed E-state index contributed by atoms with van der Waals surface area (Å²) in [5.74, 6) is -0.0495. The lowest BCUT2D eigenvalue weighted by Gasteiger charge is -2.05. The molecule has 0 radical (unpaired) electrons. The summed E-state index contributed by atoms with van der Waals surface area (Å²) in [6, 6.07) is 6.76. The maximum Gasteiger partial charge on any atom is 0.346 e. The summed E-state index contributed by atoms with van der Waals surface area (Å²) in [7, 11) is 1.68. The van der Waals surface area contributed by atoms with Gasteiger partial charge in [-0.1, -0.05) is 34.5 Å². The van der Waals surface area contributed by atoms with E-state index in [0.29, 0.717) is 26.3 Å². The first-order valence-corrected chi connectivity index (χ1v) is 9.81. The van der Waals surface area contributed by atoms with Gasteiger partial charge in [0.1, 0.15) is 5.39 Å². The first-order chi connectivity index (χ1) is 11.8. The van der Waals surface area contributed by atoms with Gasteiger partial charge in [0, 0.05) is 10.6 Å². The number of thioether (sulfide) groups is 1. The largest absolute Gasteiger partial charge is 0.346 e. The summed E-state index contributed by atoms with van der Waals surface area (Å²) in [6.07, 6.45) is 0. The SMILES string of the molecule is Cc1cc2c(=O)n(C)c(SCC(=O)Nc3ccc(Cl)c(Cl)c3)[nH+]c2s1. The fourth-order valence-corrected chi connectivity index (χ4v) is 4.31. The van der Waals surface area contributed by atoms with Crippen LogP contribution in [0.2, 0.25) is 10.0 Å². The van der Waals surface area contributed by atoms with Gasteiger partial charge in [0.05, 0.1) is 22.8 Å². The van der Waals surface area contributed by atoms with Crippen molar-refractivity contribution in [3.05, 3.63) is 49.5 Å². The second-order valence-corrected chi connectivity index (χ2v) is 8.39. The molecule has 130 valence electrons. The molecule has 9 heteroatoms. The van der Waals surface area contributed by atoms with Gasteiger partial charge in [0.15, 0.2) is 4.83 Å². The van der Waals surface area contributed by atoms with Gasteiger partial charge in [-0.25, -0.2) is 9.78 Å². The van der Waals surface area contributed by atoms with E-state index in [1.807, 2.05) is 13.0 Å². The standard InChI is InChI=1S/C16H13Cl2N3O2S2/c1-8-5-10-14(25-8)20-16(21(2)15(10)23)24-7-13(22)19-9-3-4-11(17)12(18)6-9/h3-6H,7H2,1-2H3,(H,19,22)/p+1. The minimum absolute atomic E-state index is 0.0782. The van der Waals surface area contributed by atoms with Crippen molar-refractivity contribution in [2.45, 2.75) is 12.1 Å². The number of benzene rings is 1. The van der Waals surface area contributed by atoms with E-state index in [1.165, 1.54) is 27.7 Å². The number of fused-ring (bicyclic) bond motifs is 1. The number of hydrogen-bond acceptors (Lipinski definition) is 4. The number of hydrogen-bond donors (Lipinski definition) is 1. The summed E-state index contributed by atoms with van der Waals surface area (Å²) in [5, 5.41) is 4.85. The van der Waals surface area contributed by atoms with Crippen molar-refractivity contribution < 1.29 is 9.78 Å². The van der Waals surface area contributed by atoms with Crippen LogP contribution < -0.4 is 15.9 Å². The molecule has 0 aliphatic heterocycles. The summed E-state index contributed by atoms with van der Waals surface area (Å²) >= 11 is 14.6. The highest BCUT2D eigenvalue weighted by Crippen LogP contribution is 2.25. The van der Waals surface area contributed by atoms with Crippen molar-refractivity contribution in [3.8, 4) is 0 Å². The zero-order chi connectivity index (χ0) is 18.1. The highest BCUT2D eigenvalue weighted by Gasteiger charge is 2.18. The Kier molecular flexibility index (Phi) is 5.38. The van der Waals surface area contributed by atoms with Crippen LogP contribution in [0.3, 0.4) is 0 Å². The lowest BCUT2D eigenvalue weighted by Crippen LogP contribution is -2.27. The molecule has 0 saturated heterocycles. The zero-order valence-electron chi connectivity index (χ0n) is 13.4. The van der Waals surface area contributed by atoms with Crippen LogP contribution >= 0.6 is 46.3 Å². The fraction of sp³-hybridized carbons (Fsp3) is 0.188. The first-order valence-electron chi connectivity index (χ1n) is 7.25. The lowest BCUT2D eigenvalue weighted by molar-refractivity contribution is -0.404. The van der Waals surface area contributed by atoms with E-state index >= 15 is 0 Å². The molecule has 5 nitrogen and oxygen atoms in total. The Balaban J connectivity index is 1.73. The third-order valence-corrected chi connectivity index (χ3v) is 6.22. The third kappa shape index (κ3) is 4.00. The number of carbonyl (C=O) groups excluding carboxylic acids is 1. The average molecular weight is 415 g/mol. The molecule has 0 fully saturated rings. The normalized spacial score (nSPS) is 11.0. The number of carbonyl (C=O) groups is 1. The molecule has 1 aromatic carbocycles. The van der Waals surface area contributed by atoms with Crippen molar-refractivity contribution >= 4 is 68.1 Å². The first kappa shape index (κ1) is 18.3. The van der Waals surface area contributed by atoms with Crippen molar-refractivity contribution in [1.82, 2.24) is 4.57 Å². The molecule has 1 amide bonds. The molecule has 0 atom stereocenters. The van der Waals surface area contributed by atoms with Crippen LogP contribution in [0.4, 0.5) is 5.69 Å². The number of H-pyrrole nitrogens is 1. The zero-order valence-corrected chi connectivity index (χ0v) is 16.5. The van der Waals surface area contributed by atoms with Gasteiger partial charge in [-0.05, 0) is 43.0 Å².